The summed E-state index contributed by atoms with van der Waals surface area (Å²) in [5.41, 5.74) is 1.56. The molecule has 0 aromatic carbocycles. The summed E-state index contributed by atoms with van der Waals surface area (Å²) in [7, 11) is 2.23. The van der Waals surface area contributed by atoms with E-state index in [-0.39, 0.29) is 0 Å². The minimum absolute atomic E-state index is 0.744. The summed E-state index contributed by atoms with van der Waals surface area (Å²) in [5.74, 6) is 0.744. The van der Waals surface area contributed by atoms with Crippen LogP contribution in [0.4, 0.5) is 0 Å². The molecule has 0 radical (unpaired) electrons. The summed E-state index contributed by atoms with van der Waals surface area (Å²) in [4.78, 5) is 2.43. The molecule has 1 rings (SSSR count). The van der Waals surface area contributed by atoms with Crippen LogP contribution in [0, 0.1) is 5.92 Å². The van der Waals surface area contributed by atoms with E-state index >= 15 is 0 Å². The van der Waals surface area contributed by atoms with E-state index in [2.05, 4.69) is 31.9 Å². The van der Waals surface area contributed by atoms with Gasteiger partial charge in [-0.3, -0.25) is 0 Å². The van der Waals surface area contributed by atoms with Crippen LogP contribution >= 0.6 is 0 Å². The summed E-state index contributed by atoms with van der Waals surface area (Å²) >= 11 is 0. The third kappa shape index (κ3) is 2.26. The van der Waals surface area contributed by atoms with Gasteiger partial charge in [-0.25, -0.2) is 0 Å². The van der Waals surface area contributed by atoms with E-state index in [1.165, 1.54) is 32.2 Å². The van der Waals surface area contributed by atoms with Gasteiger partial charge in [0.05, 0.1) is 0 Å². The molecule has 0 saturated heterocycles. The van der Waals surface area contributed by atoms with Gasteiger partial charge >= 0.3 is 0 Å². The Morgan fingerprint density at radius 2 is 2.25 bits per heavy atom. The molecule has 1 heterocycles. The van der Waals surface area contributed by atoms with Crippen molar-refractivity contribution in [2.75, 3.05) is 13.6 Å². The standard InChI is InChI=1S/C11H21N/c1-4-10(2)11-8-6-5-7-9-12(11)3/h8,10H,4-7,9H2,1-3H3. The molecule has 0 aromatic rings. The van der Waals surface area contributed by atoms with Crippen LogP contribution in [0.15, 0.2) is 11.8 Å². The number of nitrogens with zero attached hydrogens (tertiary/aromatic N) is 1. The lowest BCUT2D eigenvalue weighted by molar-refractivity contribution is 0.363. The number of hydrogen-bond acceptors (Lipinski definition) is 1. The summed E-state index contributed by atoms with van der Waals surface area (Å²) in [5, 5.41) is 0. The second-order valence-electron chi connectivity index (χ2n) is 3.86. The molecule has 0 N–H and O–H groups in total. The highest BCUT2D eigenvalue weighted by molar-refractivity contribution is 5.05. The van der Waals surface area contributed by atoms with E-state index in [0.29, 0.717) is 0 Å². The van der Waals surface area contributed by atoms with E-state index in [4.69, 9.17) is 0 Å². The predicted octanol–water partition coefficient (Wildman–Crippen LogP) is 3.03. The largest absolute Gasteiger partial charge is 0.378 e. The van der Waals surface area contributed by atoms with Crippen LogP contribution in [-0.4, -0.2) is 18.5 Å². The minimum Gasteiger partial charge on any atom is -0.378 e. The van der Waals surface area contributed by atoms with Crippen molar-refractivity contribution in [3.63, 3.8) is 0 Å². The Balaban J connectivity index is 2.62. The molecule has 0 amide bonds. The Morgan fingerprint density at radius 3 is 2.92 bits per heavy atom. The Labute approximate surface area is 76.5 Å². The van der Waals surface area contributed by atoms with Crippen molar-refractivity contribution in [3.05, 3.63) is 11.8 Å². The first-order valence-corrected chi connectivity index (χ1v) is 5.17. The summed E-state index contributed by atoms with van der Waals surface area (Å²) < 4.78 is 0. The summed E-state index contributed by atoms with van der Waals surface area (Å²) in [6.07, 6.45) is 7.69. The van der Waals surface area contributed by atoms with Crippen LogP contribution in [0.3, 0.4) is 0 Å². The van der Waals surface area contributed by atoms with Gasteiger partial charge in [-0.2, -0.15) is 0 Å². The lowest BCUT2D eigenvalue weighted by Crippen LogP contribution is -2.21. The predicted molar refractivity (Wildman–Crippen MR) is 54.0 cm³/mol. The highest BCUT2D eigenvalue weighted by Crippen LogP contribution is 2.21. The van der Waals surface area contributed by atoms with Crippen molar-refractivity contribution in [2.45, 2.75) is 39.5 Å². The van der Waals surface area contributed by atoms with Crippen LogP contribution < -0.4 is 0 Å². The van der Waals surface area contributed by atoms with E-state index in [0.717, 1.165) is 5.92 Å². The van der Waals surface area contributed by atoms with Crippen molar-refractivity contribution < 1.29 is 0 Å². The molecule has 0 spiro atoms. The van der Waals surface area contributed by atoms with Gasteiger partial charge < -0.3 is 4.90 Å². The first-order valence-electron chi connectivity index (χ1n) is 5.17. The first-order chi connectivity index (χ1) is 5.75. The lowest BCUT2D eigenvalue weighted by Gasteiger charge is -2.25. The third-order valence-corrected chi connectivity index (χ3v) is 2.86. The topological polar surface area (TPSA) is 3.24 Å². The van der Waals surface area contributed by atoms with Gasteiger partial charge in [0.25, 0.3) is 0 Å². The second kappa shape index (κ2) is 4.54. The normalized spacial score (nSPS) is 21.6. The Hall–Kier alpha value is -0.460. The van der Waals surface area contributed by atoms with Crippen LogP contribution in [0.5, 0.6) is 0 Å². The van der Waals surface area contributed by atoms with E-state index in [1.807, 2.05) is 0 Å². The maximum atomic E-state index is 2.43. The number of allylic oxidation sites excluding steroid dienone is 2. The van der Waals surface area contributed by atoms with Crippen molar-refractivity contribution in [1.29, 1.82) is 0 Å². The number of hydrogen-bond donors (Lipinski definition) is 0. The summed E-state index contributed by atoms with van der Waals surface area (Å²) in [6.45, 7) is 5.84. The van der Waals surface area contributed by atoms with Gasteiger partial charge in [0.1, 0.15) is 0 Å². The monoisotopic (exact) mass is 167 g/mol. The molecular formula is C11H21N. The molecule has 1 unspecified atom stereocenters. The average molecular weight is 167 g/mol. The second-order valence-corrected chi connectivity index (χ2v) is 3.86. The van der Waals surface area contributed by atoms with Gasteiger partial charge in [-0.1, -0.05) is 19.9 Å². The van der Waals surface area contributed by atoms with Gasteiger partial charge in [0, 0.05) is 19.3 Å². The molecule has 1 heteroatoms. The minimum atomic E-state index is 0.744. The lowest BCUT2D eigenvalue weighted by atomic mass is 10.0. The maximum Gasteiger partial charge on any atom is 0.0171 e. The highest BCUT2D eigenvalue weighted by Gasteiger charge is 2.12. The molecule has 12 heavy (non-hydrogen) atoms. The fourth-order valence-electron chi connectivity index (χ4n) is 1.81. The van der Waals surface area contributed by atoms with Crippen molar-refractivity contribution in [2.24, 2.45) is 5.92 Å². The van der Waals surface area contributed by atoms with E-state index < -0.39 is 0 Å². The zero-order valence-electron chi connectivity index (χ0n) is 8.64. The van der Waals surface area contributed by atoms with Crippen LogP contribution in [-0.2, 0) is 0 Å². The fraction of sp³-hybridized carbons (Fsp3) is 0.818. The van der Waals surface area contributed by atoms with Crippen molar-refractivity contribution in [3.8, 4) is 0 Å². The van der Waals surface area contributed by atoms with Crippen LogP contribution in [0.1, 0.15) is 39.5 Å². The molecule has 70 valence electrons. The third-order valence-electron chi connectivity index (χ3n) is 2.86. The molecule has 1 aliphatic rings. The quantitative estimate of drug-likeness (QED) is 0.611. The highest BCUT2D eigenvalue weighted by atomic mass is 15.1. The molecular weight excluding hydrogens is 146 g/mol. The van der Waals surface area contributed by atoms with Crippen molar-refractivity contribution in [1.82, 2.24) is 4.90 Å². The Bertz CT molecular complexity index is 160. The zero-order valence-corrected chi connectivity index (χ0v) is 8.64. The smallest absolute Gasteiger partial charge is 0.0171 e. The first kappa shape index (κ1) is 9.63. The van der Waals surface area contributed by atoms with Crippen LogP contribution in [0.2, 0.25) is 0 Å². The zero-order chi connectivity index (χ0) is 8.97. The molecule has 0 bridgehead atoms. The molecule has 0 aromatic heterocycles. The van der Waals surface area contributed by atoms with Gasteiger partial charge in [-0.05, 0) is 31.6 Å². The summed E-state index contributed by atoms with van der Waals surface area (Å²) in [6, 6.07) is 0. The Morgan fingerprint density at radius 1 is 1.50 bits per heavy atom. The van der Waals surface area contributed by atoms with Gasteiger partial charge in [-0.15, -0.1) is 0 Å². The molecule has 0 saturated carbocycles. The molecule has 1 nitrogen and oxygen atoms in total. The van der Waals surface area contributed by atoms with Crippen molar-refractivity contribution >= 4 is 0 Å². The van der Waals surface area contributed by atoms with E-state index in [9.17, 15) is 0 Å². The number of rotatable bonds is 2. The fourth-order valence-corrected chi connectivity index (χ4v) is 1.81. The van der Waals surface area contributed by atoms with Gasteiger partial charge in [0.2, 0.25) is 0 Å². The van der Waals surface area contributed by atoms with Crippen LogP contribution in [0.25, 0.3) is 0 Å². The average Bonchev–Trinajstić information content (AvgIpc) is 2.28. The SMILES string of the molecule is CCC(C)C1=CCCCCN1C. The Kier molecular flexibility index (Phi) is 3.64. The molecule has 1 atom stereocenters. The maximum absolute atomic E-state index is 2.43. The molecule has 0 aliphatic carbocycles. The van der Waals surface area contributed by atoms with E-state index in [1.54, 1.807) is 5.70 Å². The molecule has 0 fully saturated rings. The molecule has 1 aliphatic heterocycles. The van der Waals surface area contributed by atoms with Gasteiger partial charge in [0.15, 0.2) is 0 Å².